The lowest BCUT2D eigenvalue weighted by Crippen LogP contribution is -2.32. The minimum Gasteiger partial charge on any atom is -0.339 e. The minimum absolute atomic E-state index is 0.0228. The molecule has 0 spiro atoms. The number of aromatic nitrogens is 2. The summed E-state index contributed by atoms with van der Waals surface area (Å²) in [4.78, 5) is 4.30. The van der Waals surface area contributed by atoms with Crippen molar-refractivity contribution < 1.29 is 13.3 Å². The van der Waals surface area contributed by atoms with Gasteiger partial charge in [-0.1, -0.05) is 19.0 Å². The summed E-state index contributed by atoms with van der Waals surface area (Å²) >= 11 is 0. The third kappa shape index (κ3) is 3.44. The Balaban J connectivity index is 2.36. The lowest BCUT2D eigenvalue weighted by atomic mass is 9.89. The van der Waals surface area contributed by atoms with Crippen LogP contribution in [-0.2, 0) is 0 Å². The molecule has 0 aliphatic heterocycles. The summed E-state index contributed by atoms with van der Waals surface area (Å²) in [7, 11) is 1.86. The van der Waals surface area contributed by atoms with Gasteiger partial charge >= 0.3 is 0 Å². The van der Waals surface area contributed by atoms with E-state index < -0.39 is 11.6 Å². The standard InChI is InChI=1S/C15H19F2N3O/c1-8(2)13(9(3)18-4)15-19-14(20-21-15)10-5-11(16)7-12(17)6-10/h5-9,13,18H,1-4H3. The molecule has 2 unspecified atom stereocenters. The average molecular weight is 295 g/mol. The van der Waals surface area contributed by atoms with Crippen LogP contribution in [0.1, 0.15) is 32.6 Å². The molecule has 0 fully saturated rings. The molecule has 0 aliphatic carbocycles. The summed E-state index contributed by atoms with van der Waals surface area (Å²) in [5, 5.41) is 7.01. The highest BCUT2D eigenvalue weighted by molar-refractivity contribution is 5.54. The Morgan fingerprint density at radius 1 is 1.10 bits per heavy atom. The Labute approximate surface area is 122 Å². The Hall–Kier alpha value is -1.82. The average Bonchev–Trinajstić information content (AvgIpc) is 2.86. The van der Waals surface area contributed by atoms with Gasteiger partial charge in [0, 0.05) is 17.7 Å². The van der Waals surface area contributed by atoms with Gasteiger partial charge in [-0.05, 0) is 32.0 Å². The maximum Gasteiger partial charge on any atom is 0.231 e. The van der Waals surface area contributed by atoms with Gasteiger partial charge in [-0.3, -0.25) is 0 Å². The third-order valence-corrected chi connectivity index (χ3v) is 3.56. The van der Waals surface area contributed by atoms with Crippen molar-refractivity contribution >= 4 is 0 Å². The lowest BCUT2D eigenvalue weighted by Gasteiger charge is -2.23. The van der Waals surface area contributed by atoms with E-state index in [0.717, 1.165) is 6.07 Å². The summed E-state index contributed by atoms with van der Waals surface area (Å²) < 4.78 is 31.8. The van der Waals surface area contributed by atoms with Gasteiger partial charge in [0.25, 0.3) is 0 Å². The van der Waals surface area contributed by atoms with Gasteiger partial charge in [-0.25, -0.2) is 8.78 Å². The fourth-order valence-electron chi connectivity index (χ4n) is 2.43. The molecule has 1 heterocycles. The van der Waals surface area contributed by atoms with Gasteiger partial charge in [0.1, 0.15) is 11.6 Å². The molecule has 2 aromatic rings. The van der Waals surface area contributed by atoms with E-state index in [0.29, 0.717) is 5.89 Å². The van der Waals surface area contributed by atoms with Crippen molar-refractivity contribution in [3.05, 3.63) is 35.7 Å². The largest absolute Gasteiger partial charge is 0.339 e. The smallest absolute Gasteiger partial charge is 0.231 e. The molecule has 0 amide bonds. The molecule has 114 valence electrons. The monoisotopic (exact) mass is 295 g/mol. The first-order valence-electron chi connectivity index (χ1n) is 6.89. The zero-order valence-corrected chi connectivity index (χ0v) is 12.5. The molecule has 0 radical (unpaired) electrons. The highest BCUT2D eigenvalue weighted by Gasteiger charge is 2.27. The van der Waals surface area contributed by atoms with E-state index in [-0.39, 0.29) is 29.3 Å². The summed E-state index contributed by atoms with van der Waals surface area (Å²) in [5.41, 5.74) is 0.266. The van der Waals surface area contributed by atoms with Crippen molar-refractivity contribution in [3.63, 3.8) is 0 Å². The van der Waals surface area contributed by atoms with Crippen LogP contribution in [0.15, 0.2) is 22.7 Å². The van der Waals surface area contributed by atoms with Crippen LogP contribution in [0.3, 0.4) is 0 Å². The molecule has 21 heavy (non-hydrogen) atoms. The van der Waals surface area contributed by atoms with E-state index in [1.807, 2.05) is 14.0 Å². The van der Waals surface area contributed by atoms with Crippen molar-refractivity contribution in [2.24, 2.45) is 5.92 Å². The Morgan fingerprint density at radius 2 is 1.71 bits per heavy atom. The molecule has 4 nitrogen and oxygen atoms in total. The molecule has 0 aliphatic rings. The number of halogens is 2. The molecule has 1 N–H and O–H groups in total. The van der Waals surface area contributed by atoms with Crippen molar-refractivity contribution in [2.75, 3.05) is 7.05 Å². The second-order valence-electron chi connectivity index (χ2n) is 5.46. The number of nitrogens with one attached hydrogen (secondary N) is 1. The fourth-order valence-corrected chi connectivity index (χ4v) is 2.43. The Kier molecular flexibility index (Phi) is 4.67. The lowest BCUT2D eigenvalue weighted by molar-refractivity contribution is 0.286. The van der Waals surface area contributed by atoms with Gasteiger partial charge in [0.15, 0.2) is 0 Å². The number of benzene rings is 1. The molecule has 0 saturated heterocycles. The summed E-state index contributed by atoms with van der Waals surface area (Å²) in [6, 6.07) is 3.32. The number of hydrogen-bond acceptors (Lipinski definition) is 4. The highest BCUT2D eigenvalue weighted by Crippen LogP contribution is 2.28. The number of nitrogens with zero attached hydrogens (tertiary/aromatic N) is 2. The van der Waals surface area contributed by atoms with Gasteiger partial charge in [0.2, 0.25) is 11.7 Å². The molecular formula is C15H19F2N3O. The maximum absolute atomic E-state index is 13.3. The zero-order chi connectivity index (χ0) is 15.6. The van der Waals surface area contributed by atoms with Crippen molar-refractivity contribution in [1.29, 1.82) is 0 Å². The molecule has 2 atom stereocenters. The molecule has 6 heteroatoms. The van der Waals surface area contributed by atoms with E-state index in [1.165, 1.54) is 12.1 Å². The molecule has 1 aromatic heterocycles. The Bertz CT molecular complexity index is 592. The Morgan fingerprint density at radius 3 is 2.24 bits per heavy atom. The molecule has 2 rings (SSSR count). The van der Waals surface area contributed by atoms with Crippen LogP contribution in [0, 0.1) is 17.6 Å². The van der Waals surface area contributed by atoms with Gasteiger partial charge in [0.05, 0.1) is 5.92 Å². The fraction of sp³-hybridized carbons (Fsp3) is 0.467. The topological polar surface area (TPSA) is 51.0 Å². The normalized spacial score (nSPS) is 14.4. The minimum atomic E-state index is -0.666. The van der Waals surface area contributed by atoms with Crippen LogP contribution in [0.25, 0.3) is 11.4 Å². The number of likely N-dealkylation sites (N-methyl/N-ethyl adjacent to an activating group) is 1. The van der Waals surface area contributed by atoms with Crippen molar-refractivity contribution in [2.45, 2.75) is 32.7 Å². The predicted octanol–water partition coefficient (Wildman–Crippen LogP) is 3.36. The molecule has 1 aromatic carbocycles. The third-order valence-electron chi connectivity index (χ3n) is 3.56. The van der Waals surface area contributed by atoms with Gasteiger partial charge in [-0.15, -0.1) is 0 Å². The predicted molar refractivity (Wildman–Crippen MR) is 75.8 cm³/mol. The highest BCUT2D eigenvalue weighted by atomic mass is 19.1. The first-order chi connectivity index (χ1) is 9.92. The van der Waals surface area contributed by atoms with E-state index in [1.54, 1.807) is 0 Å². The summed E-state index contributed by atoms with van der Waals surface area (Å²) in [6.45, 7) is 6.14. The van der Waals surface area contributed by atoms with E-state index >= 15 is 0 Å². The van der Waals surface area contributed by atoms with Gasteiger partial charge < -0.3 is 9.84 Å². The first-order valence-corrected chi connectivity index (χ1v) is 6.89. The van der Waals surface area contributed by atoms with Crippen LogP contribution < -0.4 is 5.32 Å². The zero-order valence-electron chi connectivity index (χ0n) is 12.5. The van der Waals surface area contributed by atoms with E-state index in [9.17, 15) is 8.78 Å². The van der Waals surface area contributed by atoms with Crippen LogP contribution in [0.4, 0.5) is 8.78 Å². The summed E-state index contributed by atoms with van der Waals surface area (Å²) in [6.07, 6.45) is 0. The van der Waals surface area contributed by atoms with Gasteiger partial charge in [-0.2, -0.15) is 4.98 Å². The SMILES string of the molecule is CNC(C)C(c1nc(-c2cc(F)cc(F)c2)no1)C(C)C. The first kappa shape index (κ1) is 15.6. The number of rotatable bonds is 5. The summed E-state index contributed by atoms with van der Waals surface area (Å²) in [5.74, 6) is -0.371. The van der Waals surface area contributed by atoms with Crippen LogP contribution in [-0.4, -0.2) is 23.2 Å². The second-order valence-corrected chi connectivity index (χ2v) is 5.46. The van der Waals surface area contributed by atoms with Crippen LogP contribution in [0.2, 0.25) is 0 Å². The van der Waals surface area contributed by atoms with E-state index in [2.05, 4.69) is 29.3 Å². The van der Waals surface area contributed by atoms with E-state index in [4.69, 9.17) is 4.52 Å². The molecular weight excluding hydrogens is 276 g/mol. The van der Waals surface area contributed by atoms with Crippen molar-refractivity contribution in [3.8, 4) is 11.4 Å². The second kappa shape index (κ2) is 6.30. The quantitative estimate of drug-likeness (QED) is 0.919. The number of hydrogen-bond donors (Lipinski definition) is 1. The maximum atomic E-state index is 13.3. The van der Waals surface area contributed by atoms with Crippen LogP contribution in [0.5, 0.6) is 0 Å². The van der Waals surface area contributed by atoms with Crippen molar-refractivity contribution in [1.82, 2.24) is 15.5 Å². The molecule has 0 bridgehead atoms. The molecule has 0 saturated carbocycles. The van der Waals surface area contributed by atoms with Crippen LogP contribution >= 0.6 is 0 Å².